The lowest BCUT2D eigenvalue weighted by Crippen LogP contribution is -1.87. The molecule has 1 N–H and O–H groups in total. The molecule has 0 amide bonds. The van der Waals surface area contributed by atoms with E-state index in [1.807, 2.05) is 42.5 Å². The van der Waals surface area contributed by atoms with Crippen molar-refractivity contribution < 1.29 is 0 Å². The van der Waals surface area contributed by atoms with Gasteiger partial charge in [0.05, 0.1) is 15.2 Å². The van der Waals surface area contributed by atoms with Gasteiger partial charge in [-0.05, 0) is 36.4 Å². The van der Waals surface area contributed by atoms with Crippen LogP contribution in [0.15, 0.2) is 42.5 Å². The van der Waals surface area contributed by atoms with Crippen molar-refractivity contribution in [2.24, 2.45) is 0 Å². The average molecular weight is 295 g/mol. The van der Waals surface area contributed by atoms with Crippen molar-refractivity contribution in [1.82, 2.24) is 4.98 Å². The Morgan fingerprint density at radius 2 is 1.78 bits per heavy atom. The molecule has 0 saturated heterocycles. The van der Waals surface area contributed by atoms with Gasteiger partial charge in [0.2, 0.25) is 0 Å². The van der Waals surface area contributed by atoms with Crippen molar-refractivity contribution >= 4 is 55.6 Å². The Morgan fingerprint density at radius 3 is 2.50 bits per heavy atom. The SMILES string of the molecule is Clc1ccc(Nc2nc3cccc(Cl)c3s2)cc1. The Labute approximate surface area is 118 Å². The van der Waals surface area contributed by atoms with Crippen LogP contribution in [0.5, 0.6) is 0 Å². The fourth-order valence-corrected chi connectivity index (χ4v) is 2.93. The standard InChI is InChI=1S/C13H8Cl2N2S/c14-8-4-6-9(7-5-8)16-13-17-11-3-1-2-10(15)12(11)18-13/h1-7H,(H,16,17). The van der Waals surface area contributed by atoms with E-state index in [0.717, 1.165) is 26.1 Å². The molecule has 0 bridgehead atoms. The van der Waals surface area contributed by atoms with E-state index in [1.54, 1.807) is 0 Å². The number of benzene rings is 2. The zero-order valence-corrected chi connectivity index (χ0v) is 11.5. The summed E-state index contributed by atoms with van der Waals surface area (Å²) in [5.41, 5.74) is 1.86. The van der Waals surface area contributed by atoms with Crippen LogP contribution in [0.3, 0.4) is 0 Å². The monoisotopic (exact) mass is 294 g/mol. The molecule has 0 aliphatic carbocycles. The highest BCUT2D eigenvalue weighted by Gasteiger charge is 2.06. The minimum Gasteiger partial charge on any atom is -0.332 e. The first-order valence-corrected chi connectivity index (χ1v) is 6.87. The predicted octanol–water partition coefficient (Wildman–Crippen LogP) is 5.35. The lowest BCUT2D eigenvalue weighted by molar-refractivity contribution is 1.44. The highest BCUT2D eigenvalue weighted by Crippen LogP contribution is 2.33. The lowest BCUT2D eigenvalue weighted by atomic mass is 10.3. The Hall–Kier alpha value is -1.29. The van der Waals surface area contributed by atoms with E-state index >= 15 is 0 Å². The van der Waals surface area contributed by atoms with E-state index in [1.165, 1.54) is 11.3 Å². The van der Waals surface area contributed by atoms with Crippen LogP contribution in [0.1, 0.15) is 0 Å². The Bertz CT molecular complexity index is 692. The maximum atomic E-state index is 6.12. The van der Waals surface area contributed by atoms with Crippen molar-refractivity contribution in [2.75, 3.05) is 5.32 Å². The molecule has 0 aliphatic heterocycles. The zero-order valence-electron chi connectivity index (χ0n) is 9.15. The number of aromatic nitrogens is 1. The molecule has 18 heavy (non-hydrogen) atoms. The highest BCUT2D eigenvalue weighted by atomic mass is 35.5. The summed E-state index contributed by atoms with van der Waals surface area (Å²) in [5, 5.41) is 5.50. The van der Waals surface area contributed by atoms with Gasteiger partial charge < -0.3 is 5.32 Å². The van der Waals surface area contributed by atoms with Crippen molar-refractivity contribution in [3.05, 3.63) is 52.5 Å². The third-order valence-corrected chi connectivity index (χ3v) is 4.16. The van der Waals surface area contributed by atoms with Gasteiger partial charge in [-0.15, -0.1) is 0 Å². The van der Waals surface area contributed by atoms with Crippen LogP contribution >= 0.6 is 34.5 Å². The van der Waals surface area contributed by atoms with Crippen LogP contribution in [-0.4, -0.2) is 4.98 Å². The molecule has 1 aromatic heterocycles. The summed E-state index contributed by atoms with van der Waals surface area (Å²) < 4.78 is 0.996. The second kappa shape index (κ2) is 4.76. The molecule has 5 heteroatoms. The van der Waals surface area contributed by atoms with E-state index < -0.39 is 0 Å². The molecular weight excluding hydrogens is 287 g/mol. The second-order valence-corrected chi connectivity index (χ2v) is 5.58. The normalized spacial score (nSPS) is 10.8. The highest BCUT2D eigenvalue weighted by molar-refractivity contribution is 7.22. The molecule has 90 valence electrons. The number of nitrogens with zero attached hydrogens (tertiary/aromatic N) is 1. The third kappa shape index (κ3) is 2.29. The van der Waals surface area contributed by atoms with Gasteiger partial charge in [-0.2, -0.15) is 0 Å². The van der Waals surface area contributed by atoms with Gasteiger partial charge >= 0.3 is 0 Å². The Balaban J connectivity index is 1.95. The minimum absolute atomic E-state index is 0.716. The summed E-state index contributed by atoms with van der Waals surface area (Å²) in [6.45, 7) is 0. The van der Waals surface area contributed by atoms with Crippen LogP contribution in [0.4, 0.5) is 10.8 Å². The number of anilines is 2. The molecule has 3 aromatic rings. The molecule has 0 fully saturated rings. The fourth-order valence-electron chi connectivity index (χ4n) is 1.63. The van der Waals surface area contributed by atoms with Gasteiger partial charge in [0.15, 0.2) is 5.13 Å². The molecule has 0 aliphatic rings. The first-order chi connectivity index (χ1) is 8.72. The second-order valence-electron chi connectivity index (χ2n) is 3.74. The summed E-state index contributed by atoms with van der Waals surface area (Å²) in [7, 11) is 0. The number of halogens is 2. The lowest BCUT2D eigenvalue weighted by Gasteiger charge is -2.01. The quantitative estimate of drug-likeness (QED) is 0.689. The van der Waals surface area contributed by atoms with Gasteiger partial charge in [-0.25, -0.2) is 4.98 Å². The van der Waals surface area contributed by atoms with Crippen LogP contribution in [0, 0.1) is 0 Å². The summed E-state index contributed by atoms with van der Waals surface area (Å²) in [6.07, 6.45) is 0. The van der Waals surface area contributed by atoms with Crippen LogP contribution < -0.4 is 5.32 Å². The van der Waals surface area contributed by atoms with E-state index in [-0.39, 0.29) is 0 Å². The number of nitrogens with one attached hydrogen (secondary N) is 1. The van der Waals surface area contributed by atoms with Crippen molar-refractivity contribution in [3.8, 4) is 0 Å². The molecule has 0 atom stereocenters. The van der Waals surface area contributed by atoms with Crippen molar-refractivity contribution in [3.63, 3.8) is 0 Å². The van der Waals surface area contributed by atoms with Gasteiger partial charge in [0.1, 0.15) is 0 Å². The zero-order chi connectivity index (χ0) is 12.5. The number of rotatable bonds is 2. The molecule has 2 nitrogen and oxygen atoms in total. The van der Waals surface area contributed by atoms with Gasteiger partial charge in [0, 0.05) is 10.7 Å². The van der Waals surface area contributed by atoms with E-state index in [9.17, 15) is 0 Å². The topological polar surface area (TPSA) is 24.9 Å². The van der Waals surface area contributed by atoms with Gasteiger partial charge in [-0.3, -0.25) is 0 Å². The molecule has 0 saturated carbocycles. The molecule has 0 spiro atoms. The van der Waals surface area contributed by atoms with Gasteiger partial charge in [-0.1, -0.05) is 40.6 Å². The van der Waals surface area contributed by atoms with Crippen LogP contribution in [0.2, 0.25) is 10.0 Å². The largest absolute Gasteiger partial charge is 0.332 e. The summed E-state index contributed by atoms with van der Waals surface area (Å²) >= 11 is 13.5. The molecule has 0 radical (unpaired) electrons. The number of hydrogen-bond acceptors (Lipinski definition) is 3. The third-order valence-electron chi connectivity index (χ3n) is 2.46. The number of thiazole rings is 1. The molecule has 2 aromatic carbocycles. The number of fused-ring (bicyclic) bond motifs is 1. The van der Waals surface area contributed by atoms with Crippen LogP contribution in [0.25, 0.3) is 10.2 Å². The smallest absolute Gasteiger partial charge is 0.188 e. The predicted molar refractivity (Wildman–Crippen MR) is 79.4 cm³/mol. The molecule has 0 unspecified atom stereocenters. The van der Waals surface area contributed by atoms with Gasteiger partial charge in [0.25, 0.3) is 0 Å². The Morgan fingerprint density at radius 1 is 1.00 bits per heavy atom. The summed E-state index contributed by atoms with van der Waals surface area (Å²) in [4.78, 5) is 4.48. The maximum absolute atomic E-state index is 6.12. The minimum atomic E-state index is 0.716. The number of hydrogen-bond donors (Lipinski definition) is 1. The van der Waals surface area contributed by atoms with E-state index in [2.05, 4.69) is 10.3 Å². The molecule has 1 heterocycles. The summed E-state index contributed by atoms with van der Waals surface area (Å²) in [6, 6.07) is 13.2. The van der Waals surface area contributed by atoms with Crippen LogP contribution in [-0.2, 0) is 0 Å². The fraction of sp³-hybridized carbons (Fsp3) is 0. The molecule has 3 rings (SSSR count). The van der Waals surface area contributed by atoms with E-state index in [0.29, 0.717) is 5.02 Å². The Kier molecular flexibility index (Phi) is 3.12. The first kappa shape index (κ1) is 11.8. The van der Waals surface area contributed by atoms with Crippen molar-refractivity contribution in [1.29, 1.82) is 0 Å². The maximum Gasteiger partial charge on any atom is 0.188 e. The van der Waals surface area contributed by atoms with E-state index in [4.69, 9.17) is 23.2 Å². The van der Waals surface area contributed by atoms with Crippen molar-refractivity contribution in [2.45, 2.75) is 0 Å². The average Bonchev–Trinajstić information content (AvgIpc) is 2.76. The first-order valence-electron chi connectivity index (χ1n) is 5.30. The summed E-state index contributed by atoms with van der Waals surface area (Å²) in [5.74, 6) is 0. The molecular formula is C13H8Cl2N2S.